The van der Waals surface area contributed by atoms with Gasteiger partial charge >= 0.3 is 0 Å². The SMILES string of the molecule is CCN(CC)C(=O)c1ccc(C(c2cccc(O)c2)n2nc(C)c(-c3ccccc3CN3CCN(C)CC3)c2C)cc1. The summed E-state index contributed by atoms with van der Waals surface area (Å²) in [6.45, 7) is 14.8. The number of phenolic OH excluding ortho intramolecular Hbond substituents is 1. The van der Waals surface area contributed by atoms with E-state index in [0.717, 1.165) is 60.8 Å². The van der Waals surface area contributed by atoms with Crippen LogP contribution in [0, 0.1) is 13.8 Å². The van der Waals surface area contributed by atoms with Gasteiger partial charge in [0.05, 0.1) is 5.69 Å². The maximum Gasteiger partial charge on any atom is 0.253 e. The van der Waals surface area contributed by atoms with Crippen molar-refractivity contribution in [2.45, 2.75) is 40.3 Å². The van der Waals surface area contributed by atoms with Gasteiger partial charge in [-0.05, 0) is 81.3 Å². The highest BCUT2D eigenvalue weighted by molar-refractivity contribution is 5.94. The van der Waals surface area contributed by atoms with Crippen LogP contribution in [0.5, 0.6) is 5.75 Å². The van der Waals surface area contributed by atoms with Crippen LogP contribution in [0.25, 0.3) is 11.1 Å². The third kappa shape index (κ3) is 6.13. The number of carbonyl (C=O) groups is 1. The lowest BCUT2D eigenvalue weighted by Crippen LogP contribution is -2.43. The first-order chi connectivity index (χ1) is 20.3. The van der Waals surface area contributed by atoms with Crippen LogP contribution in [-0.2, 0) is 6.54 Å². The smallest absolute Gasteiger partial charge is 0.253 e. The van der Waals surface area contributed by atoms with Crippen LogP contribution in [-0.4, -0.2) is 81.8 Å². The molecule has 0 radical (unpaired) electrons. The lowest BCUT2D eigenvalue weighted by atomic mass is 9.95. The molecule has 5 rings (SSSR count). The molecule has 0 spiro atoms. The molecule has 1 amide bonds. The third-order valence-corrected chi connectivity index (χ3v) is 8.56. The summed E-state index contributed by atoms with van der Waals surface area (Å²) in [5, 5.41) is 15.5. The van der Waals surface area contributed by atoms with E-state index >= 15 is 0 Å². The zero-order valence-electron chi connectivity index (χ0n) is 25.5. The standard InChI is InChI=1S/C35H43N5O2/c1-6-39(7-2)35(42)28-17-15-27(16-18-28)34(29-12-10-13-31(41)23-29)40-26(4)33(25(3)36-40)32-14-9-8-11-30(32)24-38-21-19-37(5)20-22-38/h8-18,23,34,41H,6-7,19-22,24H2,1-5H3. The number of aryl methyl sites for hydroxylation is 1. The number of benzene rings is 3. The van der Waals surface area contributed by atoms with Gasteiger partial charge in [0, 0.05) is 62.6 Å². The zero-order valence-corrected chi connectivity index (χ0v) is 25.5. The third-order valence-electron chi connectivity index (χ3n) is 8.56. The number of rotatable bonds is 9. The fourth-order valence-corrected chi connectivity index (χ4v) is 6.12. The summed E-state index contributed by atoms with van der Waals surface area (Å²) in [5.41, 5.74) is 8.31. The molecule has 7 heteroatoms. The Morgan fingerprint density at radius 1 is 0.905 bits per heavy atom. The maximum atomic E-state index is 13.0. The Morgan fingerprint density at radius 3 is 2.26 bits per heavy atom. The number of amides is 1. The van der Waals surface area contributed by atoms with Gasteiger partial charge in [0.25, 0.3) is 5.91 Å². The Labute approximate surface area is 250 Å². The van der Waals surface area contributed by atoms with Crippen molar-refractivity contribution >= 4 is 5.91 Å². The molecule has 0 bridgehead atoms. The number of carbonyl (C=O) groups excluding carboxylic acids is 1. The number of aromatic nitrogens is 2. The fourth-order valence-electron chi connectivity index (χ4n) is 6.12. The molecule has 1 aromatic heterocycles. The van der Waals surface area contributed by atoms with Crippen molar-refractivity contribution in [3.05, 3.63) is 106 Å². The predicted molar refractivity (Wildman–Crippen MR) is 169 cm³/mol. The van der Waals surface area contributed by atoms with E-state index in [1.165, 1.54) is 11.1 Å². The molecule has 1 aliphatic rings. The van der Waals surface area contributed by atoms with Crippen LogP contribution < -0.4 is 0 Å². The van der Waals surface area contributed by atoms with E-state index in [1.807, 2.05) is 55.1 Å². The summed E-state index contributed by atoms with van der Waals surface area (Å²) in [6, 6.07) is 23.6. The Hall–Kier alpha value is -3.94. The molecule has 1 aliphatic heterocycles. The molecule has 1 fully saturated rings. The second kappa shape index (κ2) is 12.9. The molecular weight excluding hydrogens is 522 g/mol. The van der Waals surface area contributed by atoms with Crippen molar-refractivity contribution in [1.29, 1.82) is 0 Å². The molecule has 0 saturated carbocycles. The van der Waals surface area contributed by atoms with E-state index in [0.29, 0.717) is 18.7 Å². The molecule has 1 unspecified atom stereocenters. The minimum absolute atomic E-state index is 0.0332. The molecule has 220 valence electrons. The second-order valence-electron chi connectivity index (χ2n) is 11.3. The maximum absolute atomic E-state index is 13.0. The van der Waals surface area contributed by atoms with Gasteiger partial charge in [0.2, 0.25) is 0 Å². The van der Waals surface area contributed by atoms with Crippen molar-refractivity contribution < 1.29 is 9.90 Å². The Bertz CT molecular complexity index is 1510. The Morgan fingerprint density at radius 2 is 1.60 bits per heavy atom. The van der Waals surface area contributed by atoms with Crippen molar-refractivity contribution in [3.63, 3.8) is 0 Å². The van der Waals surface area contributed by atoms with Gasteiger partial charge in [-0.25, -0.2) is 0 Å². The van der Waals surface area contributed by atoms with Gasteiger partial charge in [-0.2, -0.15) is 5.10 Å². The van der Waals surface area contributed by atoms with E-state index < -0.39 is 0 Å². The summed E-state index contributed by atoms with van der Waals surface area (Å²) < 4.78 is 2.08. The Balaban J connectivity index is 1.55. The van der Waals surface area contributed by atoms with Crippen molar-refractivity contribution in [2.24, 2.45) is 0 Å². The fraction of sp³-hybridized carbons (Fsp3) is 0.371. The average molecular weight is 566 g/mol. The molecular formula is C35H43N5O2. The number of piperazine rings is 1. The monoisotopic (exact) mass is 565 g/mol. The molecule has 7 nitrogen and oxygen atoms in total. The largest absolute Gasteiger partial charge is 0.508 e. The van der Waals surface area contributed by atoms with Crippen LogP contribution in [0.3, 0.4) is 0 Å². The topological polar surface area (TPSA) is 64.8 Å². The molecule has 1 N–H and O–H groups in total. The van der Waals surface area contributed by atoms with E-state index in [1.54, 1.807) is 12.1 Å². The highest BCUT2D eigenvalue weighted by Gasteiger charge is 2.25. The quantitative estimate of drug-likeness (QED) is 0.280. The number of hydrogen-bond acceptors (Lipinski definition) is 5. The van der Waals surface area contributed by atoms with E-state index in [9.17, 15) is 9.90 Å². The number of likely N-dealkylation sites (N-methyl/N-ethyl adjacent to an activating group) is 1. The molecule has 1 atom stereocenters. The van der Waals surface area contributed by atoms with E-state index in [2.05, 4.69) is 59.6 Å². The van der Waals surface area contributed by atoms with Crippen LogP contribution >= 0.6 is 0 Å². The first kappa shape index (κ1) is 29.5. The molecule has 4 aromatic rings. The molecule has 3 aromatic carbocycles. The summed E-state index contributed by atoms with van der Waals surface area (Å²) in [7, 11) is 2.19. The van der Waals surface area contributed by atoms with Crippen molar-refractivity contribution in [1.82, 2.24) is 24.5 Å². The summed E-state index contributed by atoms with van der Waals surface area (Å²) >= 11 is 0. The number of aromatic hydroxyl groups is 1. The summed E-state index contributed by atoms with van der Waals surface area (Å²) in [6.07, 6.45) is 0. The summed E-state index contributed by atoms with van der Waals surface area (Å²) in [5.74, 6) is 0.246. The number of nitrogens with zero attached hydrogens (tertiary/aromatic N) is 5. The van der Waals surface area contributed by atoms with Crippen LogP contribution in [0.2, 0.25) is 0 Å². The highest BCUT2D eigenvalue weighted by atomic mass is 16.3. The molecule has 0 aliphatic carbocycles. The minimum atomic E-state index is -0.271. The lowest BCUT2D eigenvalue weighted by Gasteiger charge is -2.32. The number of phenols is 1. The molecule has 42 heavy (non-hydrogen) atoms. The van der Waals surface area contributed by atoms with Gasteiger partial charge in [0.1, 0.15) is 11.8 Å². The van der Waals surface area contributed by atoms with Gasteiger partial charge in [0.15, 0.2) is 0 Å². The second-order valence-corrected chi connectivity index (χ2v) is 11.3. The van der Waals surface area contributed by atoms with Crippen molar-refractivity contribution in [2.75, 3.05) is 46.3 Å². The zero-order chi connectivity index (χ0) is 29.8. The lowest BCUT2D eigenvalue weighted by molar-refractivity contribution is 0.0773. The molecule has 1 saturated heterocycles. The van der Waals surface area contributed by atoms with Gasteiger partial charge in [-0.15, -0.1) is 0 Å². The predicted octanol–water partition coefficient (Wildman–Crippen LogP) is 5.74. The van der Waals surface area contributed by atoms with Gasteiger partial charge in [-0.1, -0.05) is 48.5 Å². The van der Waals surface area contributed by atoms with Crippen LogP contribution in [0.1, 0.15) is 58.3 Å². The van der Waals surface area contributed by atoms with Crippen LogP contribution in [0.15, 0.2) is 72.8 Å². The van der Waals surface area contributed by atoms with Crippen LogP contribution in [0.4, 0.5) is 0 Å². The highest BCUT2D eigenvalue weighted by Crippen LogP contribution is 2.36. The first-order valence-corrected chi connectivity index (χ1v) is 15.0. The Kier molecular flexibility index (Phi) is 9.09. The van der Waals surface area contributed by atoms with E-state index in [-0.39, 0.29) is 17.7 Å². The number of hydrogen-bond donors (Lipinski definition) is 1. The van der Waals surface area contributed by atoms with Crippen molar-refractivity contribution in [3.8, 4) is 16.9 Å². The normalized spacial score (nSPS) is 15.1. The molecule has 2 heterocycles. The average Bonchev–Trinajstić information content (AvgIpc) is 3.28. The van der Waals surface area contributed by atoms with E-state index in [4.69, 9.17) is 5.10 Å². The minimum Gasteiger partial charge on any atom is -0.508 e. The van der Waals surface area contributed by atoms with Gasteiger partial charge in [-0.3, -0.25) is 14.4 Å². The first-order valence-electron chi connectivity index (χ1n) is 15.0. The summed E-state index contributed by atoms with van der Waals surface area (Å²) in [4.78, 5) is 19.7. The van der Waals surface area contributed by atoms with Gasteiger partial charge < -0.3 is 14.9 Å².